The average molecular weight is 673 g/mol. The molecule has 0 atom stereocenters. The number of morpholine rings is 1. The van der Waals surface area contributed by atoms with E-state index >= 15 is 0 Å². The van der Waals surface area contributed by atoms with Gasteiger partial charge in [0.15, 0.2) is 0 Å². The monoisotopic (exact) mass is 672 g/mol. The Hall–Kier alpha value is -5.88. The first-order valence-electron chi connectivity index (χ1n) is 16.7. The van der Waals surface area contributed by atoms with Gasteiger partial charge in [-0.25, -0.2) is 9.97 Å². The summed E-state index contributed by atoms with van der Waals surface area (Å²) in [5, 5.41) is 18.1. The molecule has 2 fully saturated rings. The molecule has 12 heteroatoms. The van der Waals surface area contributed by atoms with Crippen LogP contribution in [0.3, 0.4) is 0 Å². The van der Waals surface area contributed by atoms with E-state index in [1.165, 1.54) is 12.8 Å². The van der Waals surface area contributed by atoms with E-state index in [-0.39, 0.29) is 5.75 Å². The second kappa shape index (κ2) is 15.1. The van der Waals surface area contributed by atoms with Gasteiger partial charge in [0, 0.05) is 48.7 Å². The van der Waals surface area contributed by atoms with Crippen molar-refractivity contribution in [2.24, 2.45) is 0 Å². The number of hydrogen-bond donors (Lipinski definition) is 3. The topological polar surface area (TPSA) is 130 Å². The van der Waals surface area contributed by atoms with Gasteiger partial charge in [0.05, 0.1) is 44.2 Å². The molecule has 50 heavy (non-hydrogen) atoms. The van der Waals surface area contributed by atoms with E-state index in [2.05, 4.69) is 25.4 Å². The number of rotatable bonds is 8. The molecule has 0 radical (unpaired) electrons. The molecule has 2 saturated heterocycles. The predicted octanol–water partition coefficient (Wildman–Crippen LogP) is 6.91. The second-order valence-corrected chi connectivity index (χ2v) is 11.9. The minimum Gasteiger partial charge on any atom is -0.508 e. The molecular weight excluding hydrogens is 632 g/mol. The Morgan fingerprint density at radius 3 is 2.10 bits per heavy atom. The van der Waals surface area contributed by atoms with E-state index in [0.717, 1.165) is 82.7 Å². The molecule has 256 valence electrons. The summed E-state index contributed by atoms with van der Waals surface area (Å²) >= 11 is 0. The van der Waals surface area contributed by atoms with Crippen molar-refractivity contribution in [2.45, 2.75) is 12.8 Å². The Kier molecular flexibility index (Phi) is 9.88. The number of methoxy groups -OCH3 is 2. The first-order valence-corrected chi connectivity index (χ1v) is 16.7. The zero-order valence-electron chi connectivity index (χ0n) is 28.2. The molecule has 0 amide bonds. The number of aromatic nitrogens is 4. The minimum absolute atomic E-state index is 0.231. The van der Waals surface area contributed by atoms with Crippen LogP contribution in [-0.2, 0) is 4.74 Å². The third-order valence-electron chi connectivity index (χ3n) is 8.66. The largest absolute Gasteiger partial charge is 0.508 e. The quantitative estimate of drug-likeness (QED) is 0.145. The van der Waals surface area contributed by atoms with Crippen LogP contribution < -0.4 is 29.9 Å². The molecule has 2 aliphatic rings. The summed E-state index contributed by atoms with van der Waals surface area (Å²) in [5.74, 6) is 4.70. The molecule has 3 N–H and O–H groups in total. The second-order valence-electron chi connectivity index (χ2n) is 11.9. The number of phenolic OH excluding ortho intramolecular Hbond substituents is 1. The molecule has 4 aromatic carbocycles. The van der Waals surface area contributed by atoms with Crippen molar-refractivity contribution in [3.63, 3.8) is 0 Å². The van der Waals surface area contributed by atoms with Gasteiger partial charge in [-0.3, -0.25) is 0 Å². The fourth-order valence-electron chi connectivity index (χ4n) is 6.05. The fraction of sp³-hybridized carbons (Fsp3) is 0.263. The molecule has 8 rings (SSSR count). The lowest BCUT2D eigenvalue weighted by atomic mass is 10.2. The number of phenols is 1. The standard InChI is InChI=1S/C20H22N4O2.C18H18N4O2/c1-25-14-9-10-17(18(13-14)26-2)21-19-15-7-3-4-8-16(15)22-20(23-19)24-11-5-6-12-24;23-14-7-5-13(6-8-14)19-18-20-16-4-2-1-3-15(16)17(21-18)22-9-11-24-12-10-22/h3-4,7-10,13H,5-6,11-12H2,1-2H3,(H,21,22,23);1-8,23H,9-12H2,(H,19,20,21). The average Bonchev–Trinajstić information content (AvgIpc) is 3.72. The lowest BCUT2D eigenvalue weighted by Crippen LogP contribution is -2.37. The summed E-state index contributed by atoms with van der Waals surface area (Å²) < 4.78 is 16.2. The lowest BCUT2D eigenvalue weighted by Gasteiger charge is -2.29. The summed E-state index contributed by atoms with van der Waals surface area (Å²) in [6.07, 6.45) is 2.37. The zero-order chi connectivity index (χ0) is 34.3. The zero-order valence-corrected chi connectivity index (χ0v) is 28.2. The Morgan fingerprint density at radius 1 is 0.680 bits per heavy atom. The molecule has 0 spiro atoms. The van der Waals surface area contributed by atoms with Crippen molar-refractivity contribution in [2.75, 3.05) is 74.0 Å². The van der Waals surface area contributed by atoms with E-state index in [1.54, 1.807) is 38.5 Å². The summed E-state index contributed by atoms with van der Waals surface area (Å²) in [5.41, 5.74) is 3.50. The number of fused-ring (bicyclic) bond motifs is 2. The van der Waals surface area contributed by atoms with Gasteiger partial charge in [0.2, 0.25) is 11.9 Å². The van der Waals surface area contributed by atoms with E-state index in [1.807, 2.05) is 66.7 Å². The number of nitrogens with one attached hydrogen (secondary N) is 2. The maximum absolute atomic E-state index is 9.40. The van der Waals surface area contributed by atoms with Gasteiger partial charge in [-0.05, 0) is 73.5 Å². The summed E-state index contributed by atoms with van der Waals surface area (Å²) in [7, 11) is 3.29. The molecule has 0 unspecified atom stereocenters. The van der Waals surface area contributed by atoms with Crippen LogP contribution in [0.1, 0.15) is 12.8 Å². The number of benzene rings is 4. The molecule has 0 aliphatic carbocycles. The van der Waals surface area contributed by atoms with E-state index < -0.39 is 0 Å². The van der Waals surface area contributed by atoms with Gasteiger partial charge in [-0.1, -0.05) is 24.3 Å². The van der Waals surface area contributed by atoms with E-state index in [9.17, 15) is 5.11 Å². The van der Waals surface area contributed by atoms with Crippen LogP contribution >= 0.6 is 0 Å². The molecule has 4 heterocycles. The van der Waals surface area contributed by atoms with Crippen LogP contribution in [0.5, 0.6) is 17.2 Å². The van der Waals surface area contributed by atoms with Gasteiger partial charge in [0.25, 0.3) is 0 Å². The van der Waals surface area contributed by atoms with Gasteiger partial charge in [-0.15, -0.1) is 0 Å². The van der Waals surface area contributed by atoms with Crippen molar-refractivity contribution in [3.8, 4) is 17.2 Å². The molecule has 6 aromatic rings. The van der Waals surface area contributed by atoms with Crippen LogP contribution in [0.15, 0.2) is 91.0 Å². The number of aromatic hydroxyl groups is 1. The summed E-state index contributed by atoms with van der Waals surface area (Å²) in [6.45, 7) is 5.06. The van der Waals surface area contributed by atoms with Crippen LogP contribution in [0.4, 0.5) is 34.9 Å². The van der Waals surface area contributed by atoms with Crippen LogP contribution in [0.25, 0.3) is 21.8 Å². The number of nitrogens with zero attached hydrogens (tertiary/aromatic N) is 6. The number of ether oxygens (including phenoxy) is 3. The van der Waals surface area contributed by atoms with Crippen molar-refractivity contribution >= 4 is 56.7 Å². The normalized spacial score (nSPS) is 14.3. The Labute approximate surface area is 290 Å². The van der Waals surface area contributed by atoms with Crippen molar-refractivity contribution in [1.29, 1.82) is 0 Å². The maximum atomic E-state index is 9.40. The third kappa shape index (κ3) is 7.40. The van der Waals surface area contributed by atoms with Gasteiger partial charge in [-0.2, -0.15) is 9.97 Å². The first kappa shape index (κ1) is 32.7. The Bertz CT molecular complexity index is 2070. The molecule has 2 aromatic heterocycles. The van der Waals surface area contributed by atoms with Gasteiger partial charge in [0.1, 0.15) is 28.9 Å². The molecule has 2 aliphatic heterocycles. The molecule has 0 bridgehead atoms. The molecule has 0 saturated carbocycles. The highest BCUT2D eigenvalue weighted by atomic mass is 16.5. The van der Waals surface area contributed by atoms with Gasteiger partial charge < -0.3 is 39.8 Å². The highest BCUT2D eigenvalue weighted by Crippen LogP contribution is 2.34. The highest BCUT2D eigenvalue weighted by Gasteiger charge is 2.19. The lowest BCUT2D eigenvalue weighted by molar-refractivity contribution is 0.122. The van der Waals surface area contributed by atoms with E-state index in [4.69, 9.17) is 29.2 Å². The van der Waals surface area contributed by atoms with Crippen LogP contribution in [-0.4, -0.2) is 78.7 Å². The Morgan fingerprint density at radius 2 is 1.38 bits per heavy atom. The Balaban J connectivity index is 0.000000157. The number of anilines is 6. The predicted molar refractivity (Wildman–Crippen MR) is 198 cm³/mol. The third-order valence-corrected chi connectivity index (χ3v) is 8.66. The van der Waals surface area contributed by atoms with Crippen LogP contribution in [0.2, 0.25) is 0 Å². The summed E-state index contributed by atoms with van der Waals surface area (Å²) in [6, 6.07) is 28.6. The van der Waals surface area contributed by atoms with E-state index in [0.29, 0.717) is 24.9 Å². The number of hydrogen-bond acceptors (Lipinski definition) is 12. The van der Waals surface area contributed by atoms with Crippen molar-refractivity contribution < 1.29 is 19.3 Å². The van der Waals surface area contributed by atoms with Crippen molar-refractivity contribution in [3.05, 3.63) is 91.0 Å². The maximum Gasteiger partial charge on any atom is 0.229 e. The summed E-state index contributed by atoms with van der Waals surface area (Å²) in [4.78, 5) is 23.4. The molecular formula is C38H40N8O4. The fourth-order valence-corrected chi connectivity index (χ4v) is 6.05. The first-order chi connectivity index (χ1) is 24.6. The van der Waals surface area contributed by atoms with Gasteiger partial charge >= 0.3 is 0 Å². The minimum atomic E-state index is 0.231. The smallest absolute Gasteiger partial charge is 0.229 e. The highest BCUT2D eigenvalue weighted by molar-refractivity contribution is 5.93. The molecule has 12 nitrogen and oxygen atoms in total. The SMILES string of the molecule is COc1ccc(Nc2nc(N3CCCC3)nc3ccccc23)c(OC)c1.Oc1ccc(Nc2nc(N3CCOCC3)c3ccccc3n2)cc1. The van der Waals surface area contributed by atoms with Crippen LogP contribution in [0, 0.1) is 0 Å². The van der Waals surface area contributed by atoms with Crippen molar-refractivity contribution in [1.82, 2.24) is 19.9 Å². The number of para-hydroxylation sites is 2.